The van der Waals surface area contributed by atoms with Crippen molar-refractivity contribution in [1.82, 2.24) is 15.2 Å². The molecule has 1 N–H and O–H groups in total. The second-order valence-corrected chi connectivity index (χ2v) is 6.42. The molecule has 0 radical (unpaired) electrons. The van der Waals surface area contributed by atoms with Crippen LogP contribution in [0.5, 0.6) is 0 Å². The lowest BCUT2D eigenvalue weighted by molar-refractivity contribution is -0.144. The predicted molar refractivity (Wildman–Crippen MR) is 96.2 cm³/mol. The highest BCUT2D eigenvalue weighted by molar-refractivity contribution is 7.09. The molecular formula is C16H28N4O3S. The Labute approximate surface area is 148 Å². The molecule has 1 aromatic heterocycles. The van der Waals surface area contributed by atoms with Crippen LogP contribution in [0.25, 0.3) is 0 Å². The Morgan fingerprint density at radius 2 is 2.17 bits per heavy atom. The number of guanidine groups is 1. The molecule has 0 saturated carbocycles. The van der Waals surface area contributed by atoms with Crippen molar-refractivity contribution >= 4 is 23.3 Å². The average Bonchev–Trinajstić information content (AvgIpc) is 3.04. The Balaban J connectivity index is 2.73. The Morgan fingerprint density at radius 1 is 1.46 bits per heavy atom. The summed E-state index contributed by atoms with van der Waals surface area (Å²) >= 11 is 1.59. The van der Waals surface area contributed by atoms with Gasteiger partial charge in [0.25, 0.3) is 0 Å². The second kappa shape index (κ2) is 10.2. The van der Waals surface area contributed by atoms with E-state index in [9.17, 15) is 4.79 Å². The van der Waals surface area contributed by atoms with E-state index >= 15 is 0 Å². The predicted octanol–water partition coefficient (Wildman–Crippen LogP) is 2.06. The van der Waals surface area contributed by atoms with Crippen LogP contribution in [0, 0.1) is 5.92 Å². The molecule has 0 aliphatic heterocycles. The van der Waals surface area contributed by atoms with E-state index in [0.717, 1.165) is 23.2 Å². The van der Waals surface area contributed by atoms with Gasteiger partial charge >= 0.3 is 5.97 Å². The summed E-state index contributed by atoms with van der Waals surface area (Å²) in [6.45, 7) is 7.55. The van der Waals surface area contributed by atoms with Crippen LogP contribution in [-0.4, -0.2) is 56.2 Å². The number of nitrogens with zero attached hydrogens (tertiary/aromatic N) is 3. The SMILES string of the molecule is CCNC(=NCC(C)C(=O)OC)N(C)Cc1csc(C(C)OC)n1. The van der Waals surface area contributed by atoms with E-state index in [1.807, 2.05) is 31.2 Å². The zero-order chi connectivity index (χ0) is 18.1. The molecule has 1 heterocycles. The molecule has 0 aliphatic carbocycles. The van der Waals surface area contributed by atoms with Gasteiger partial charge < -0.3 is 19.7 Å². The highest BCUT2D eigenvalue weighted by Gasteiger charge is 2.15. The van der Waals surface area contributed by atoms with Crippen LogP contribution in [0.3, 0.4) is 0 Å². The van der Waals surface area contributed by atoms with E-state index in [-0.39, 0.29) is 18.0 Å². The maximum absolute atomic E-state index is 11.5. The molecule has 7 nitrogen and oxygen atoms in total. The van der Waals surface area contributed by atoms with Crippen LogP contribution in [-0.2, 0) is 20.8 Å². The van der Waals surface area contributed by atoms with Crippen molar-refractivity contribution < 1.29 is 14.3 Å². The van der Waals surface area contributed by atoms with Crippen molar-refractivity contribution in [2.75, 3.05) is 34.4 Å². The first-order valence-electron chi connectivity index (χ1n) is 7.97. The number of carbonyl (C=O) groups is 1. The number of ether oxygens (including phenoxy) is 2. The summed E-state index contributed by atoms with van der Waals surface area (Å²) in [6, 6.07) is 0. The molecule has 136 valence electrons. The Bertz CT molecular complexity index is 547. The highest BCUT2D eigenvalue weighted by atomic mass is 32.1. The van der Waals surface area contributed by atoms with Gasteiger partial charge in [-0.25, -0.2) is 4.98 Å². The molecule has 0 aliphatic rings. The largest absolute Gasteiger partial charge is 0.469 e. The first-order valence-corrected chi connectivity index (χ1v) is 8.85. The highest BCUT2D eigenvalue weighted by Crippen LogP contribution is 2.20. The van der Waals surface area contributed by atoms with E-state index in [1.165, 1.54) is 7.11 Å². The fourth-order valence-electron chi connectivity index (χ4n) is 1.97. The Kier molecular flexibility index (Phi) is 8.70. The lowest BCUT2D eigenvalue weighted by Crippen LogP contribution is -2.39. The van der Waals surface area contributed by atoms with Crippen LogP contribution in [0.2, 0.25) is 0 Å². The van der Waals surface area contributed by atoms with Gasteiger partial charge in [-0.05, 0) is 13.8 Å². The lowest BCUT2D eigenvalue weighted by atomic mass is 10.2. The van der Waals surface area contributed by atoms with Crippen molar-refractivity contribution in [2.45, 2.75) is 33.4 Å². The smallest absolute Gasteiger partial charge is 0.310 e. The average molecular weight is 356 g/mol. The zero-order valence-corrected chi connectivity index (χ0v) is 16.1. The van der Waals surface area contributed by atoms with Gasteiger partial charge in [-0.15, -0.1) is 11.3 Å². The summed E-state index contributed by atoms with van der Waals surface area (Å²) in [5.74, 6) is 0.211. The normalized spacial score (nSPS) is 14.2. The number of carbonyl (C=O) groups excluding carboxylic acids is 1. The van der Waals surface area contributed by atoms with Crippen molar-refractivity contribution in [3.8, 4) is 0 Å². The number of aliphatic imine (C=N–C) groups is 1. The minimum atomic E-state index is -0.273. The van der Waals surface area contributed by atoms with Gasteiger partial charge in [0.1, 0.15) is 11.1 Å². The number of hydrogen-bond donors (Lipinski definition) is 1. The monoisotopic (exact) mass is 356 g/mol. The Morgan fingerprint density at radius 3 is 2.75 bits per heavy atom. The van der Waals surface area contributed by atoms with Gasteiger partial charge in [0, 0.05) is 26.1 Å². The van der Waals surface area contributed by atoms with Crippen LogP contribution in [0.1, 0.15) is 37.6 Å². The van der Waals surface area contributed by atoms with E-state index in [1.54, 1.807) is 25.4 Å². The third-order valence-corrected chi connectivity index (χ3v) is 4.54. The van der Waals surface area contributed by atoms with Gasteiger partial charge in [-0.1, -0.05) is 6.92 Å². The quantitative estimate of drug-likeness (QED) is 0.436. The molecule has 0 fully saturated rings. The Hall–Kier alpha value is -1.67. The molecule has 0 amide bonds. The third-order valence-electron chi connectivity index (χ3n) is 3.48. The van der Waals surface area contributed by atoms with E-state index in [4.69, 9.17) is 9.47 Å². The number of hydrogen-bond acceptors (Lipinski definition) is 6. The summed E-state index contributed by atoms with van der Waals surface area (Å²) in [5, 5.41) is 6.22. The first-order chi connectivity index (χ1) is 11.4. The first kappa shape index (κ1) is 20.4. The maximum Gasteiger partial charge on any atom is 0.310 e. The maximum atomic E-state index is 11.5. The van der Waals surface area contributed by atoms with Crippen LogP contribution in [0.15, 0.2) is 10.4 Å². The summed E-state index contributed by atoms with van der Waals surface area (Å²) < 4.78 is 10.0. The molecule has 1 aromatic rings. The standard InChI is InChI=1S/C16H28N4O3S/c1-7-17-16(18-8-11(2)15(21)23-6)20(4)9-13-10-24-14(19-13)12(3)22-5/h10-12H,7-9H2,1-6H3,(H,17,18). The van der Waals surface area contributed by atoms with E-state index in [2.05, 4.69) is 15.3 Å². The summed E-state index contributed by atoms with van der Waals surface area (Å²) in [7, 11) is 5.01. The molecule has 0 aromatic carbocycles. The molecule has 2 unspecified atom stereocenters. The van der Waals surface area contributed by atoms with Crippen molar-refractivity contribution in [1.29, 1.82) is 0 Å². The van der Waals surface area contributed by atoms with E-state index in [0.29, 0.717) is 13.1 Å². The van der Waals surface area contributed by atoms with Crippen molar-refractivity contribution in [3.05, 3.63) is 16.1 Å². The van der Waals surface area contributed by atoms with Crippen LogP contribution >= 0.6 is 11.3 Å². The van der Waals surface area contributed by atoms with Crippen molar-refractivity contribution in [3.63, 3.8) is 0 Å². The third kappa shape index (κ3) is 6.09. The van der Waals surface area contributed by atoms with E-state index < -0.39 is 0 Å². The fraction of sp³-hybridized carbons (Fsp3) is 0.688. The topological polar surface area (TPSA) is 76.0 Å². The van der Waals surface area contributed by atoms with Gasteiger partial charge in [0.2, 0.25) is 0 Å². The molecule has 8 heteroatoms. The minimum Gasteiger partial charge on any atom is -0.469 e. The molecule has 0 saturated heterocycles. The fourth-order valence-corrected chi connectivity index (χ4v) is 2.81. The minimum absolute atomic E-state index is 0.00290. The number of thiazole rings is 1. The number of esters is 1. The lowest BCUT2D eigenvalue weighted by Gasteiger charge is -2.21. The van der Waals surface area contributed by atoms with Gasteiger partial charge in [-0.3, -0.25) is 9.79 Å². The zero-order valence-electron chi connectivity index (χ0n) is 15.3. The van der Waals surface area contributed by atoms with Gasteiger partial charge in [0.15, 0.2) is 5.96 Å². The molecule has 0 bridgehead atoms. The molecule has 0 spiro atoms. The van der Waals surface area contributed by atoms with Gasteiger partial charge in [0.05, 0.1) is 31.8 Å². The molecule has 24 heavy (non-hydrogen) atoms. The van der Waals surface area contributed by atoms with Gasteiger partial charge in [-0.2, -0.15) is 0 Å². The number of nitrogens with one attached hydrogen (secondary N) is 1. The number of rotatable bonds is 8. The van der Waals surface area contributed by atoms with Crippen molar-refractivity contribution in [2.24, 2.45) is 10.9 Å². The summed E-state index contributed by atoms with van der Waals surface area (Å²) in [5.41, 5.74) is 0.966. The molecular weight excluding hydrogens is 328 g/mol. The number of aromatic nitrogens is 1. The molecule has 1 rings (SSSR count). The summed E-state index contributed by atoms with van der Waals surface area (Å²) in [6.07, 6.45) is -0.00290. The van der Waals surface area contributed by atoms with Crippen LogP contribution < -0.4 is 5.32 Å². The summed E-state index contributed by atoms with van der Waals surface area (Å²) in [4.78, 5) is 22.6. The molecule has 2 atom stereocenters. The number of methoxy groups -OCH3 is 2. The van der Waals surface area contributed by atoms with Crippen LogP contribution in [0.4, 0.5) is 0 Å². The second-order valence-electron chi connectivity index (χ2n) is 5.53.